The Morgan fingerprint density at radius 2 is 2.00 bits per heavy atom. The largest absolute Gasteiger partial charge is 0.374 e. The highest BCUT2D eigenvalue weighted by Gasteiger charge is 2.30. The number of carbonyl (C=O) groups is 1. The molecule has 2 nitrogen and oxygen atoms in total. The van der Waals surface area contributed by atoms with Crippen molar-refractivity contribution in [2.24, 2.45) is 0 Å². The molecule has 82 valence electrons. The second kappa shape index (κ2) is 3.78. The van der Waals surface area contributed by atoms with Gasteiger partial charge in [0.2, 0.25) is 0 Å². The Morgan fingerprint density at radius 3 is 2.81 bits per heavy atom. The summed E-state index contributed by atoms with van der Waals surface area (Å²) in [6.45, 7) is 1.98. The van der Waals surface area contributed by atoms with Crippen LogP contribution < -0.4 is 0 Å². The molecule has 0 amide bonds. The third-order valence-corrected chi connectivity index (χ3v) is 3.52. The van der Waals surface area contributed by atoms with Crippen LogP contribution in [-0.2, 0) is 4.79 Å². The Hall–Kier alpha value is -1.57. The second-order valence-corrected chi connectivity index (χ2v) is 4.55. The summed E-state index contributed by atoms with van der Waals surface area (Å²) in [5.74, 6) is 0.322. The third-order valence-electron chi connectivity index (χ3n) is 3.52. The molecule has 0 radical (unpaired) electrons. The van der Waals surface area contributed by atoms with Crippen LogP contribution in [0.15, 0.2) is 42.1 Å². The van der Waals surface area contributed by atoms with E-state index in [1.807, 2.05) is 24.3 Å². The lowest BCUT2D eigenvalue weighted by Gasteiger charge is -2.29. The van der Waals surface area contributed by atoms with Gasteiger partial charge in [0.15, 0.2) is 5.78 Å². The monoisotopic (exact) mass is 213 g/mol. The predicted molar refractivity (Wildman–Crippen MR) is 63.1 cm³/mol. The molecule has 2 aliphatic heterocycles. The number of nitrogens with zero attached hydrogens (tertiary/aromatic N) is 1. The fourth-order valence-corrected chi connectivity index (χ4v) is 2.65. The average molecular weight is 213 g/mol. The van der Waals surface area contributed by atoms with Crippen LogP contribution in [0.2, 0.25) is 0 Å². The van der Waals surface area contributed by atoms with Gasteiger partial charge in [0.1, 0.15) is 0 Å². The first kappa shape index (κ1) is 9.64. The summed E-state index contributed by atoms with van der Waals surface area (Å²) in [6.07, 6.45) is 4.13. The molecular formula is C14H15NO. The Morgan fingerprint density at radius 1 is 1.19 bits per heavy atom. The third kappa shape index (κ3) is 1.54. The van der Waals surface area contributed by atoms with E-state index in [4.69, 9.17) is 0 Å². The van der Waals surface area contributed by atoms with Crippen LogP contribution >= 0.6 is 0 Å². The van der Waals surface area contributed by atoms with Gasteiger partial charge in [-0.3, -0.25) is 4.79 Å². The molecular weight excluding hydrogens is 198 g/mol. The summed E-state index contributed by atoms with van der Waals surface area (Å²) >= 11 is 0. The van der Waals surface area contributed by atoms with Crippen molar-refractivity contribution < 1.29 is 4.79 Å². The normalized spacial score (nSPS) is 24.2. The molecule has 2 heteroatoms. The van der Waals surface area contributed by atoms with Crippen LogP contribution in [0.4, 0.5) is 0 Å². The summed E-state index contributed by atoms with van der Waals surface area (Å²) in [4.78, 5) is 14.4. The maximum absolute atomic E-state index is 12.0. The molecule has 2 aliphatic rings. The van der Waals surface area contributed by atoms with Crippen LogP contribution in [0, 0.1) is 0 Å². The van der Waals surface area contributed by atoms with Crippen molar-refractivity contribution in [1.82, 2.24) is 4.90 Å². The highest BCUT2D eigenvalue weighted by molar-refractivity contribution is 5.97. The number of ketones is 1. The Kier molecular flexibility index (Phi) is 2.28. The van der Waals surface area contributed by atoms with Crippen LogP contribution in [0.3, 0.4) is 0 Å². The van der Waals surface area contributed by atoms with Gasteiger partial charge in [0, 0.05) is 24.9 Å². The summed E-state index contributed by atoms with van der Waals surface area (Å²) < 4.78 is 0. The lowest BCUT2D eigenvalue weighted by atomic mass is 9.91. The van der Waals surface area contributed by atoms with Crippen molar-refractivity contribution in [2.75, 3.05) is 13.1 Å². The summed E-state index contributed by atoms with van der Waals surface area (Å²) in [5.41, 5.74) is 2.40. The van der Waals surface area contributed by atoms with E-state index in [1.54, 1.807) is 0 Å². The standard InChI is InChI=1S/C14H15NO/c16-14-9-12-7-4-8-15(12)10-13(14)11-5-2-1-3-6-11/h1-3,5-6,9,13H,4,7-8,10H2. The molecule has 0 N–H and O–H groups in total. The van der Waals surface area contributed by atoms with E-state index in [9.17, 15) is 4.79 Å². The fraction of sp³-hybridized carbons (Fsp3) is 0.357. The Balaban J connectivity index is 1.91. The molecule has 0 bridgehead atoms. The van der Waals surface area contributed by atoms with Crippen molar-refractivity contribution in [3.8, 4) is 0 Å². The lowest BCUT2D eigenvalue weighted by Crippen LogP contribution is -2.32. The highest BCUT2D eigenvalue weighted by Crippen LogP contribution is 2.31. The van der Waals surface area contributed by atoms with Gasteiger partial charge in [-0.1, -0.05) is 30.3 Å². The molecule has 16 heavy (non-hydrogen) atoms. The van der Waals surface area contributed by atoms with Crippen molar-refractivity contribution in [3.63, 3.8) is 0 Å². The zero-order chi connectivity index (χ0) is 11.0. The zero-order valence-corrected chi connectivity index (χ0v) is 9.23. The van der Waals surface area contributed by atoms with E-state index >= 15 is 0 Å². The molecule has 0 saturated carbocycles. The minimum Gasteiger partial charge on any atom is -0.374 e. The van der Waals surface area contributed by atoms with Gasteiger partial charge in [0.25, 0.3) is 0 Å². The molecule has 1 aromatic rings. The van der Waals surface area contributed by atoms with E-state index in [1.165, 1.54) is 12.1 Å². The second-order valence-electron chi connectivity index (χ2n) is 4.55. The van der Waals surface area contributed by atoms with Crippen molar-refractivity contribution in [3.05, 3.63) is 47.7 Å². The van der Waals surface area contributed by atoms with E-state index in [2.05, 4.69) is 17.0 Å². The molecule has 1 fully saturated rings. The maximum atomic E-state index is 12.0. The number of hydrogen-bond donors (Lipinski definition) is 0. The van der Waals surface area contributed by atoms with Gasteiger partial charge >= 0.3 is 0 Å². The van der Waals surface area contributed by atoms with Gasteiger partial charge in [-0.25, -0.2) is 0 Å². The van der Waals surface area contributed by atoms with Gasteiger partial charge in [-0.05, 0) is 18.4 Å². The number of fused-ring (bicyclic) bond motifs is 1. The van der Waals surface area contributed by atoms with E-state index in [0.29, 0.717) is 0 Å². The lowest BCUT2D eigenvalue weighted by molar-refractivity contribution is -0.117. The molecule has 1 unspecified atom stereocenters. The molecule has 2 heterocycles. The van der Waals surface area contributed by atoms with E-state index < -0.39 is 0 Å². The van der Waals surface area contributed by atoms with Gasteiger partial charge in [-0.2, -0.15) is 0 Å². The maximum Gasteiger partial charge on any atom is 0.166 e. The summed E-state index contributed by atoms with van der Waals surface area (Å²) in [6, 6.07) is 10.1. The molecule has 1 saturated heterocycles. The van der Waals surface area contributed by atoms with Crippen molar-refractivity contribution >= 4 is 5.78 Å². The zero-order valence-electron chi connectivity index (χ0n) is 9.23. The van der Waals surface area contributed by atoms with E-state index in [0.717, 1.165) is 25.1 Å². The first-order valence-corrected chi connectivity index (χ1v) is 5.89. The first-order valence-electron chi connectivity index (χ1n) is 5.89. The molecule has 0 spiro atoms. The fourth-order valence-electron chi connectivity index (χ4n) is 2.65. The van der Waals surface area contributed by atoms with Crippen molar-refractivity contribution in [1.29, 1.82) is 0 Å². The van der Waals surface area contributed by atoms with Gasteiger partial charge in [0.05, 0.1) is 5.92 Å². The minimum atomic E-state index is 0.0445. The van der Waals surface area contributed by atoms with Crippen molar-refractivity contribution in [2.45, 2.75) is 18.8 Å². The highest BCUT2D eigenvalue weighted by atomic mass is 16.1. The van der Waals surface area contributed by atoms with Crippen LogP contribution in [0.1, 0.15) is 24.3 Å². The van der Waals surface area contributed by atoms with Crippen LogP contribution in [-0.4, -0.2) is 23.8 Å². The summed E-state index contributed by atoms with van der Waals surface area (Å²) in [7, 11) is 0. The quantitative estimate of drug-likeness (QED) is 0.713. The number of carbonyl (C=O) groups excluding carboxylic acids is 1. The van der Waals surface area contributed by atoms with Gasteiger partial charge < -0.3 is 4.90 Å². The minimum absolute atomic E-state index is 0.0445. The average Bonchev–Trinajstić information content (AvgIpc) is 2.76. The topological polar surface area (TPSA) is 20.3 Å². The van der Waals surface area contributed by atoms with E-state index in [-0.39, 0.29) is 11.7 Å². The molecule has 1 atom stereocenters. The molecule has 1 aromatic carbocycles. The SMILES string of the molecule is O=C1C=C2CCCN2CC1c1ccccc1. The smallest absolute Gasteiger partial charge is 0.166 e. The predicted octanol–water partition coefficient (Wildman–Crippen LogP) is 2.33. The molecule has 0 aromatic heterocycles. The number of rotatable bonds is 1. The summed E-state index contributed by atoms with van der Waals surface area (Å²) in [5, 5.41) is 0. The number of benzene rings is 1. The molecule has 0 aliphatic carbocycles. The van der Waals surface area contributed by atoms with Crippen LogP contribution in [0.25, 0.3) is 0 Å². The molecule has 3 rings (SSSR count). The number of allylic oxidation sites excluding steroid dienone is 2. The Labute approximate surface area is 95.6 Å². The first-order chi connectivity index (χ1) is 7.84. The van der Waals surface area contributed by atoms with Gasteiger partial charge in [-0.15, -0.1) is 0 Å². The van der Waals surface area contributed by atoms with Crippen LogP contribution in [0.5, 0.6) is 0 Å². The number of hydrogen-bond acceptors (Lipinski definition) is 2. The Bertz CT molecular complexity index is 435.